The number of halogens is 1. The van der Waals surface area contributed by atoms with Gasteiger partial charge in [-0.2, -0.15) is 0 Å². The fraction of sp³-hybridized carbons (Fsp3) is 0.316. The van der Waals surface area contributed by atoms with Gasteiger partial charge in [-0.25, -0.2) is 8.42 Å². The van der Waals surface area contributed by atoms with Crippen LogP contribution in [0.2, 0.25) is 5.02 Å². The summed E-state index contributed by atoms with van der Waals surface area (Å²) in [5, 5.41) is 2.78. The molecular weight excluding hydrogens is 404 g/mol. The lowest BCUT2D eigenvalue weighted by molar-refractivity contribution is -0.123. The number of nitrogens with one attached hydrogen (secondary N) is 2. The Labute approximate surface area is 170 Å². The second-order valence-electron chi connectivity index (χ2n) is 6.17. The SMILES string of the molecule is CCOc1ccc(NS(=O)(=O)c2ccc(OCC(=O)NC(C)C)c(Cl)c2)cc1. The number of amides is 1. The van der Waals surface area contributed by atoms with Gasteiger partial charge < -0.3 is 14.8 Å². The first kappa shape index (κ1) is 21.8. The van der Waals surface area contributed by atoms with E-state index in [0.29, 0.717) is 18.0 Å². The van der Waals surface area contributed by atoms with Crippen molar-refractivity contribution in [2.24, 2.45) is 0 Å². The molecule has 0 saturated carbocycles. The molecule has 0 spiro atoms. The van der Waals surface area contributed by atoms with Crippen LogP contribution in [0.4, 0.5) is 5.69 Å². The van der Waals surface area contributed by atoms with E-state index >= 15 is 0 Å². The Hall–Kier alpha value is -2.45. The number of anilines is 1. The third kappa shape index (κ3) is 6.31. The number of hydrogen-bond acceptors (Lipinski definition) is 5. The van der Waals surface area contributed by atoms with E-state index in [0.717, 1.165) is 0 Å². The lowest BCUT2D eigenvalue weighted by Gasteiger charge is -2.12. The number of benzene rings is 2. The van der Waals surface area contributed by atoms with Crippen molar-refractivity contribution < 1.29 is 22.7 Å². The second kappa shape index (κ2) is 9.66. The number of sulfonamides is 1. The zero-order chi connectivity index (χ0) is 20.7. The number of carbonyl (C=O) groups excluding carboxylic acids is 1. The van der Waals surface area contributed by atoms with E-state index in [1.807, 2.05) is 20.8 Å². The summed E-state index contributed by atoms with van der Waals surface area (Å²) in [7, 11) is -3.84. The van der Waals surface area contributed by atoms with Gasteiger partial charge in [-0.1, -0.05) is 11.6 Å². The van der Waals surface area contributed by atoms with Crippen LogP contribution in [0.1, 0.15) is 20.8 Å². The first-order chi connectivity index (χ1) is 13.2. The van der Waals surface area contributed by atoms with Gasteiger partial charge in [0.25, 0.3) is 15.9 Å². The normalized spacial score (nSPS) is 11.2. The Morgan fingerprint density at radius 3 is 2.36 bits per heavy atom. The summed E-state index contributed by atoms with van der Waals surface area (Å²) in [6.07, 6.45) is 0. The highest BCUT2D eigenvalue weighted by molar-refractivity contribution is 7.92. The molecule has 0 saturated heterocycles. The molecule has 0 aliphatic rings. The van der Waals surface area contributed by atoms with Gasteiger partial charge in [-0.3, -0.25) is 9.52 Å². The fourth-order valence-corrected chi connectivity index (χ4v) is 3.66. The summed E-state index contributed by atoms with van der Waals surface area (Å²) in [6.45, 7) is 5.85. The molecule has 0 unspecified atom stereocenters. The highest BCUT2D eigenvalue weighted by atomic mass is 35.5. The quantitative estimate of drug-likeness (QED) is 0.640. The highest BCUT2D eigenvalue weighted by Gasteiger charge is 2.17. The minimum Gasteiger partial charge on any atom is -0.494 e. The van der Waals surface area contributed by atoms with Gasteiger partial charge in [-0.15, -0.1) is 0 Å². The summed E-state index contributed by atoms with van der Waals surface area (Å²) in [4.78, 5) is 11.6. The minimum absolute atomic E-state index is 0.00670. The van der Waals surface area contributed by atoms with E-state index < -0.39 is 10.0 Å². The molecule has 0 aliphatic heterocycles. The Morgan fingerprint density at radius 1 is 1.11 bits per heavy atom. The van der Waals surface area contributed by atoms with Gasteiger partial charge in [0.1, 0.15) is 11.5 Å². The molecule has 0 heterocycles. The van der Waals surface area contributed by atoms with E-state index in [1.54, 1.807) is 24.3 Å². The third-order valence-corrected chi connectivity index (χ3v) is 5.11. The van der Waals surface area contributed by atoms with Crippen molar-refractivity contribution in [3.05, 3.63) is 47.5 Å². The predicted octanol–water partition coefficient (Wildman–Crippen LogP) is 3.44. The molecule has 1 amide bonds. The average molecular weight is 427 g/mol. The zero-order valence-corrected chi connectivity index (χ0v) is 17.4. The van der Waals surface area contributed by atoms with Crippen molar-refractivity contribution >= 4 is 33.2 Å². The van der Waals surface area contributed by atoms with Gasteiger partial charge in [-0.05, 0) is 63.2 Å². The zero-order valence-electron chi connectivity index (χ0n) is 15.9. The molecule has 2 aromatic carbocycles. The molecule has 2 N–H and O–H groups in total. The standard InChI is InChI=1S/C19H23ClN2O5S/c1-4-26-15-7-5-14(6-8-15)22-28(24,25)16-9-10-18(17(20)11-16)27-12-19(23)21-13(2)3/h5-11,13,22H,4,12H2,1-3H3,(H,21,23). The number of ether oxygens (including phenoxy) is 2. The summed E-state index contributed by atoms with van der Waals surface area (Å²) >= 11 is 6.12. The van der Waals surface area contributed by atoms with E-state index in [2.05, 4.69) is 10.0 Å². The first-order valence-electron chi connectivity index (χ1n) is 8.68. The van der Waals surface area contributed by atoms with Crippen LogP contribution in [-0.4, -0.2) is 33.6 Å². The van der Waals surface area contributed by atoms with Crippen molar-refractivity contribution in [2.45, 2.75) is 31.7 Å². The summed E-state index contributed by atoms with van der Waals surface area (Å²) in [6, 6.07) is 10.6. The molecule has 0 aromatic heterocycles. The van der Waals surface area contributed by atoms with Crippen LogP contribution in [0.5, 0.6) is 11.5 Å². The lowest BCUT2D eigenvalue weighted by Crippen LogP contribution is -2.34. The van der Waals surface area contributed by atoms with Crippen molar-refractivity contribution in [1.82, 2.24) is 5.32 Å². The molecule has 2 aromatic rings. The summed E-state index contributed by atoms with van der Waals surface area (Å²) in [5.41, 5.74) is 0.394. The van der Waals surface area contributed by atoms with Gasteiger partial charge in [0, 0.05) is 11.7 Å². The Kier molecular flexibility index (Phi) is 7.53. The highest BCUT2D eigenvalue weighted by Crippen LogP contribution is 2.28. The number of rotatable bonds is 9. The molecular formula is C19H23ClN2O5S. The van der Waals surface area contributed by atoms with Crippen molar-refractivity contribution in [1.29, 1.82) is 0 Å². The molecule has 0 fully saturated rings. The van der Waals surface area contributed by atoms with Crippen molar-refractivity contribution in [3.63, 3.8) is 0 Å². The van der Waals surface area contributed by atoms with Crippen LogP contribution in [0, 0.1) is 0 Å². The Bertz CT molecular complexity index is 914. The third-order valence-electron chi connectivity index (χ3n) is 3.44. The maximum Gasteiger partial charge on any atom is 0.261 e. The molecule has 28 heavy (non-hydrogen) atoms. The van der Waals surface area contributed by atoms with Crippen LogP contribution in [0.25, 0.3) is 0 Å². The van der Waals surface area contributed by atoms with E-state index in [4.69, 9.17) is 21.1 Å². The summed E-state index contributed by atoms with van der Waals surface area (Å²) < 4.78 is 38.3. The smallest absolute Gasteiger partial charge is 0.261 e. The van der Waals surface area contributed by atoms with Crippen LogP contribution in [-0.2, 0) is 14.8 Å². The number of carbonyl (C=O) groups is 1. The summed E-state index contributed by atoms with van der Waals surface area (Å²) in [5.74, 6) is 0.581. The topological polar surface area (TPSA) is 93.7 Å². The van der Waals surface area contributed by atoms with Crippen molar-refractivity contribution in [2.75, 3.05) is 17.9 Å². The van der Waals surface area contributed by atoms with E-state index in [9.17, 15) is 13.2 Å². The van der Waals surface area contributed by atoms with Gasteiger partial charge >= 0.3 is 0 Å². The van der Waals surface area contributed by atoms with Gasteiger partial charge in [0.15, 0.2) is 6.61 Å². The fourth-order valence-electron chi connectivity index (χ4n) is 2.27. The molecule has 0 radical (unpaired) electrons. The maximum atomic E-state index is 12.6. The molecule has 0 atom stereocenters. The molecule has 7 nitrogen and oxygen atoms in total. The minimum atomic E-state index is -3.84. The molecule has 9 heteroatoms. The van der Waals surface area contributed by atoms with Crippen molar-refractivity contribution in [3.8, 4) is 11.5 Å². The van der Waals surface area contributed by atoms with Gasteiger partial charge in [0.2, 0.25) is 0 Å². The Balaban J connectivity index is 2.07. The maximum absolute atomic E-state index is 12.6. The molecule has 0 aliphatic carbocycles. The molecule has 2 rings (SSSR count). The largest absolute Gasteiger partial charge is 0.494 e. The average Bonchev–Trinajstić information content (AvgIpc) is 2.61. The van der Waals surface area contributed by atoms with Crippen LogP contribution >= 0.6 is 11.6 Å². The monoisotopic (exact) mass is 426 g/mol. The molecule has 152 valence electrons. The van der Waals surface area contributed by atoms with Crippen LogP contribution in [0.15, 0.2) is 47.4 Å². The predicted molar refractivity (Wildman–Crippen MR) is 109 cm³/mol. The number of hydrogen-bond donors (Lipinski definition) is 2. The first-order valence-corrected chi connectivity index (χ1v) is 10.5. The molecule has 0 bridgehead atoms. The van der Waals surface area contributed by atoms with E-state index in [-0.39, 0.29) is 34.2 Å². The second-order valence-corrected chi connectivity index (χ2v) is 8.26. The Morgan fingerprint density at radius 2 is 1.79 bits per heavy atom. The van der Waals surface area contributed by atoms with E-state index in [1.165, 1.54) is 18.2 Å². The lowest BCUT2D eigenvalue weighted by atomic mass is 10.3. The van der Waals surface area contributed by atoms with Gasteiger partial charge in [0.05, 0.1) is 16.5 Å². The van der Waals surface area contributed by atoms with Crippen LogP contribution < -0.4 is 19.5 Å². The van der Waals surface area contributed by atoms with Crippen LogP contribution in [0.3, 0.4) is 0 Å².